The van der Waals surface area contributed by atoms with Crippen LogP contribution < -0.4 is 0 Å². The van der Waals surface area contributed by atoms with E-state index in [9.17, 15) is 27.4 Å². The molecule has 29 heavy (non-hydrogen) atoms. The molecule has 1 saturated carbocycles. The first-order valence-corrected chi connectivity index (χ1v) is 10.8. The van der Waals surface area contributed by atoms with E-state index in [1.54, 1.807) is 12.1 Å². The Labute approximate surface area is 173 Å². The second-order valence-corrected chi connectivity index (χ2v) is 9.58. The van der Waals surface area contributed by atoms with Crippen LogP contribution in [0, 0.1) is 18.6 Å². The van der Waals surface area contributed by atoms with Crippen molar-refractivity contribution in [2.75, 3.05) is 6.61 Å². The third-order valence-corrected chi connectivity index (χ3v) is 6.77. The summed E-state index contributed by atoms with van der Waals surface area (Å²) >= 11 is 5.62. The van der Waals surface area contributed by atoms with E-state index in [4.69, 9.17) is 15.8 Å². The van der Waals surface area contributed by atoms with Crippen LogP contribution in [0.4, 0.5) is 8.78 Å². The largest absolute Gasteiger partial charge is 0.387 e. The van der Waals surface area contributed by atoms with Gasteiger partial charge in [-0.15, -0.1) is 0 Å². The van der Waals surface area contributed by atoms with Crippen molar-refractivity contribution in [3.63, 3.8) is 0 Å². The molecule has 1 aliphatic rings. The summed E-state index contributed by atoms with van der Waals surface area (Å²) in [7, 11) is -4.07. The van der Waals surface area contributed by atoms with Gasteiger partial charge in [-0.2, -0.15) is 8.42 Å². The van der Waals surface area contributed by atoms with Gasteiger partial charge in [0, 0.05) is 5.02 Å². The van der Waals surface area contributed by atoms with Crippen molar-refractivity contribution < 1.29 is 31.6 Å². The minimum absolute atomic E-state index is 0.0377. The van der Waals surface area contributed by atoms with Crippen LogP contribution in [0.25, 0.3) is 0 Å². The van der Waals surface area contributed by atoms with Gasteiger partial charge in [-0.25, -0.2) is 8.78 Å². The van der Waals surface area contributed by atoms with Gasteiger partial charge in [0.2, 0.25) is 0 Å². The molecule has 0 spiro atoms. The molecule has 0 saturated heterocycles. The Balaban J connectivity index is 1.70. The van der Waals surface area contributed by atoms with Gasteiger partial charge in [-0.1, -0.05) is 29.3 Å². The number of aliphatic hydroxyl groups is 2. The summed E-state index contributed by atoms with van der Waals surface area (Å²) in [5.74, 6) is -1.94. The zero-order chi connectivity index (χ0) is 21.4. The summed E-state index contributed by atoms with van der Waals surface area (Å²) < 4.78 is 58.0. The first kappa shape index (κ1) is 22.1. The molecule has 158 valence electrons. The molecule has 2 N–H and O–H groups in total. The number of halogens is 3. The van der Waals surface area contributed by atoms with E-state index in [1.165, 1.54) is 12.1 Å². The van der Waals surface area contributed by atoms with Gasteiger partial charge in [0.1, 0.15) is 11.6 Å². The summed E-state index contributed by atoms with van der Waals surface area (Å²) in [6, 6.07) is 7.88. The molecular weight excluding hydrogens is 426 g/mol. The maximum absolute atomic E-state index is 14.2. The van der Waals surface area contributed by atoms with Crippen LogP contribution in [0.3, 0.4) is 0 Å². The summed E-state index contributed by atoms with van der Waals surface area (Å²) in [6.45, 7) is 1.29. The molecule has 2 aromatic rings. The highest BCUT2D eigenvalue weighted by atomic mass is 35.5. The molecule has 0 aliphatic heterocycles. The van der Waals surface area contributed by atoms with Crippen molar-refractivity contribution in [1.29, 1.82) is 0 Å². The lowest BCUT2D eigenvalue weighted by Gasteiger charge is -2.41. The zero-order valence-corrected chi connectivity index (χ0v) is 17.2. The molecule has 0 aromatic heterocycles. The molecule has 0 bridgehead atoms. The van der Waals surface area contributed by atoms with Crippen LogP contribution in [0.1, 0.15) is 36.8 Å². The summed E-state index contributed by atoms with van der Waals surface area (Å²) in [6.07, 6.45) is -0.553. The Morgan fingerprint density at radius 1 is 1.03 bits per heavy atom. The number of hydrogen-bond acceptors (Lipinski definition) is 5. The zero-order valence-electron chi connectivity index (χ0n) is 15.7. The van der Waals surface area contributed by atoms with E-state index in [2.05, 4.69) is 0 Å². The molecular formula is C20H21ClF2O5S. The first-order chi connectivity index (χ1) is 13.4. The van der Waals surface area contributed by atoms with E-state index in [1.807, 2.05) is 6.92 Å². The summed E-state index contributed by atoms with van der Waals surface area (Å²) in [5.41, 5.74) is -3.00. The Bertz CT molecular complexity index is 977. The predicted octanol–water partition coefficient (Wildman–Crippen LogP) is 3.82. The summed E-state index contributed by atoms with van der Waals surface area (Å²) in [5, 5.41) is 21.3. The Kier molecular flexibility index (Phi) is 6.04. The summed E-state index contributed by atoms with van der Waals surface area (Å²) in [4.78, 5) is -0.0377. The third kappa shape index (κ3) is 4.78. The molecule has 0 unspecified atom stereocenters. The van der Waals surface area contributed by atoms with Gasteiger partial charge in [0.05, 0.1) is 28.3 Å². The predicted molar refractivity (Wildman–Crippen MR) is 103 cm³/mol. The van der Waals surface area contributed by atoms with E-state index < -0.39 is 45.1 Å². The lowest BCUT2D eigenvalue weighted by atomic mass is 9.73. The second kappa shape index (κ2) is 7.92. The fourth-order valence-electron chi connectivity index (χ4n) is 3.47. The lowest BCUT2D eigenvalue weighted by Crippen LogP contribution is -2.45. The average Bonchev–Trinajstić information content (AvgIpc) is 2.63. The van der Waals surface area contributed by atoms with Crippen LogP contribution in [0.15, 0.2) is 41.3 Å². The molecule has 0 heterocycles. The van der Waals surface area contributed by atoms with Crippen molar-refractivity contribution in [2.24, 2.45) is 0 Å². The maximum atomic E-state index is 14.2. The van der Waals surface area contributed by atoms with Crippen LogP contribution >= 0.6 is 11.6 Å². The van der Waals surface area contributed by atoms with Crippen molar-refractivity contribution in [2.45, 2.75) is 48.7 Å². The Hall–Kier alpha value is -1.58. The molecule has 0 radical (unpaired) electrons. The Morgan fingerprint density at radius 2 is 1.55 bits per heavy atom. The monoisotopic (exact) mass is 446 g/mol. The van der Waals surface area contributed by atoms with Gasteiger partial charge in [-0.05, 0) is 56.9 Å². The second-order valence-electron chi connectivity index (χ2n) is 7.53. The minimum atomic E-state index is -4.07. The third-order valence-electron chi connectivity index (χ3n) is 5.27. The maximum Gasteiger partial charge on any atom is 0.297 e. The Morgan fingerprint density at radius 3 is 2.07 bits per heavy atom. The van der Waals surface area contributed by atoms with E-state index in [-0.39, 0.29) is 35.6 Å². The number of rotatable bonds is 5. The van der Waals surface area contributed by atoms with Gasteiger partial charge in [0.25, 0.3) is 10.1 Å². The number of hydrogen-bond donors (Lipinski definition) is 2. The highest BCUT2D eigenvalue weighted by Crippen LogP contribution is 2.44. The van der Waals surface area contributed by atoms with Gasteiger partial charge in [0.15, 0.2) is 0 Å². The minimum Gasteiger partial charge on any atom is -0.387 e. The SMILES string of the molecule is Cc1ccc(S(=O)(=O)OC[C@]2(O)CC[C@@](O)(c3c(F)cc(Cl)cc3F)CC2)cc1. The van der Waals surface area contributed by atoms with Crippen molar-refractivity contribution >= 4 is 21.7 Å². The lowest BCUT2D eigenvalue weighted by molar-refractivity contribution is -0.102. The van der Waals surface area contributed by atoms with Crippen molar-refractivity contribution in [3.8, 4) is 0 Å². The first-order valence-electron chi connectivity index (χ1n) is 9.00. The van der Waals surface area contributed by atoms with Gasteiger partial charge in [-0.3, -0.25) is 4.18 Å². The van der Waals surface area contributed by atoms with E-state index in [0.29, 0.717) is 0 Å². The molecule has 0 amide bonds. The number of aryl methyl sites for hydroxylation is 1. The normalized spacial score (nSPS) is 25.2. The topological polar surface area (TPSA) is 83.8 Å². The molecule has 0 atom stereocenters. The van der Waals surface area contributed by atoms with Crippen LogP contribution in [-0.4, -0.2) is 30.8 Å². The van der Waals surface area contributed by atoms with E-state index >= 15 is 0 Å². The molecule has 5 nitrogen and oxygen atoms in total. The van der Waals surface area contributed by atoms with Gasteiger partial charge >= 0.3 is 0 Å². The fourth-order valence-corrected chi connectivity index (χ4v) is 4.64. The van der Waals surface area contributed by atoms with Crippen molar-refractivity contribution in [1.82, 2.24) is 0 Å². The van der Waals surface area contributed by atoms with Crippen molar-refractivity contribution in [3.05, 3.63) is 64.2 Å². The smallest absolute Gasteiger partial charge is 0.297 e. The van der Waals surface area contributed by atoms with Crippen LogP contribution in [0.2, 0.25) is 5.02 Å². The quantitative estimate of drug-likeness (QED) is 0.682. The van der Waals surface area contributed by atoms with Crippen LogP contribution in [-0.2, 0) is 19.9 Å². The molecule has 2 aromatic carbocycles. The fraction of sp³-hybridized carbons (Fsp3) is 0.400. The van der Waals surface area contributed by atoms with Crippen LogP contribution in [0.5, 0.6) is 0 Å². The molecule has 1 aliphatic carbocycles. The highest BCUT2D eigenvalue weighted by molar-refractivity contribution is 7.86. The standard InChI is InChI=1S/C20H21ClF2O5S/c1-13-2-4-15(5-3-13)29(26,27)28-12-19(24)6-8-20(25,9-7-19)18-16(22)10-14(21)11-17(18)23/h2-5,10-11,24-25H,6-9,12H2,1H3/t19-,20-. The molecule has 9 heteroatoms. The highest BCUT2D eigenvalue weighted by Gasteiger charge is 2.45. The molecule has 1 fully saturated rings. The average molecular weight is 447 g/mol. The molecule has 3 rings (SSSR count). The van der Waals surface area contributed by atoms with Gasteiger partial charge < -0.3 is 10.2 Å². The number of benzene rings is 2. The van der Waals surface area contributed by atoms with E-state index in [0.717, 1.165) is 17.7 Å².